The second-order valence-corrected chi connectivity index (χ2v) is 5.78. The van der Waals surface area contributed by atoms with Crippen LogP contribution in [0.4, 0.5) is 4.39 Å². The summed E-state index contributed by atoms with van der Waals surface area (Å²) in [6.45, 7) is 0. The molecule has 0 aliphatic heterocycles. The van der Waals surface area contributed by atoms with E-state index >= 15 is 0 Å². The van der Waals surface area contributed by atoms with Crippen molar-refractivity contribution in [3.8, 4) is 11.4 Å². The molecule has 0 radical (unpaired) electrons. The van der Waals surface area contributed by atoms with Crippen LogP contribution in [0.5, 0.6) is 0 Å². The fraction of sp³-hybridized carbons (Fsp3) is 0. The van der Waals surface area contributed by atoms with Crippen molar-refractivity contribution in [1.29, 1.82) is 0 Å². The van der Waals surface area contributed by atoms with Gasteiger partial charge in [0.1, 0.15) is 5.15 Å². The Hall–Kier alpha value is -1.23. The third-order valence-electron chi connectivity index (χ3n) is 2.80. The van der Waals surface area contributed by atoms with Crippen molar-refractivity contribution in [3.05, 3.63) is 56.9 Å². The van der Waals surface area contributed by atoms with Gasteiger partial charge in [-0.15, -0.1) is 0 Å². The van der Waals surface area contributed by atoms with Gasteiger partial charge in [0.15, 0.2) is 11.6 Å². The van der Waals surface area contributed by atoms with E-state index in [1.165, 1.54) is 6.07 Å². The summed E-state index contributed by atoms with van der Waals surface area (Å²) in [5.74, 6) is -0.347. The van der Waals surface area contributed by atoms with Crippen LogP contribution in [0, 0.1) is 5.82 Å². The monoisotopic (exact) mass is 370 g/mol. The van der Waals surface area contributed by atoms with Crippen LogP contribution >= 0.6 is 39.1 Å². The number of nitrogens with zero attached hydrogens (tertiary/aromatic N) is 2. The molecule has 0 amide bonds. The zero-order valence-electron chi connectivity index (χ0n) is 9.87. The summed E-state index contributed by atoms with van der Waals surface area (Å²) in [5, 5.41) is 1.01. The zero-order valence-corrected chi connectivity index (χ0v) is 13.0. The number of hydrogen-bond acceptors (Lipinski definition) is 2. The van der Waals surface area contributed by atoms with E-state index in [1.807, 2.05) is 6.07 Å². The smallest absolute Gasteiger partial charge is 0.164 e. The average molecular weight is 372 g/mol. The summed E-state index contributed by atoms with van der Waals surface area (Å²) < 4.78 is 14.9. The molecule has 6 heteroatoms. The molecular weight excluding hydrogens is 366 g/mol. The lowest BCUT2D eigenvalue weighted by molar-refractivity contribution is 0.630. The Kier molecular flexibility index (Phi) is 3.63. The second-order valence-electron chi connectivity index (χ2n) is 4.10. The number of rotatable bonds is 1. The lowest BCUT2D eigenvalue weighted by Gasteiger charge is -2.06. The van der Waals surface area contributed by atoms with Gasteiger partial charge >= 0.3 is 0 Å². The van der Waals surface area contributed by atoms with Crippen molar-refractivity contribution in [2.45, 2.75) is 0 Å². The molecule has 0 aliphatic rings. The molecule has 0 aliphatic carbocycles. The van der Waals surface area contributed by atoms with E-state index in [0.29, 0.717) is 10.9 Å². The molecule has 0 fully saturated rings. The molecule has 0 N–H and O–H groups in total. The summed E-state index contributed by atoms with van der Waals surface area (Å²) >= 11 is 15.3. The first-order chi connectivity index (χ1) is 9.56. The third kappa shape index (κ3) is 2.39. The fourth-order valence-corrected chi connectivity index (χ4v) is 2.62. The largest absolute Gasteiger partial charge is 0.228 e. The number of fused-ring (bicyclic) bond motifs is 1. The average Bonchev–Trinajstić information content (AvgIpc) is 2.41. The maximum Gasteiger partial charge on any atom is 0.164 e. The molecule has 3 aromatic rings. The first-order valence-corrected chi connectivity index (χ1v) is 7.18. The number of hydrogen-bond donors (Lipinski definition) is 0. The molecule has 2 aromatic carbocycles. The van der Waals surface area contributed by atoms with Gasteiger partial charge in [0.2, 0.25) is 0 Å². The van der Waals surface area contributed by atoms with E-state index in [4.69, 9.17) is 23.2 Å². The molecule has 0 saturated carbocycles. The Balaban J connectivity index is 2.29. The Morgan fingerprint density at radius 1 is 1.05 bits per heavy atom. The van der Waals surface area contributed by atoms with Crippen LogP contribution in [0.1, 0.15) is 0 Å². The van der Waals surface area contributed by atoms with Crippen LogP contribution in [0.2, 0.25) is 10.2 Å². The molecule has 2 nitrogen and oxygen atoms in total. The molecule has 0 unspecified atom stereocenters. The van der Waals surface area contributed by atoms with Gasteiger partial charge in [0.25, 0.3) is 0 Å². The van der Waals surface area contributed by atoms with Crippen molar-refractivity contribution in [1.82, 2.24) is 9.97 Å². The minimum absolute atomic E-state index is 0.0246. The standard InChI is InChI=1S/C14H6BrCl2FN2/c15-7-4-5-8-11(6-7)19-14(20-13(8)17)9-2-1-3-10(16)12(9)18/h1-6H. The predicted octanol–water partition coefficient (Wildman–Crippen LogP) is 5.51. The van der Waals surface area contributed by atoms with E-state index in [2.05, 4.69) is 25.9 Å². The van der Waals surface area contributed by atoms with E-state index in [1.54, 1.807) is 24.3 Å². The highest BCUT2D eigenvalue weighted by Gasteiger charge is 2.13. The maximum absolute atomic E-state index is 14.0. The Morgan fingerprint density at radius 2 is 1.85 bits per heavy atom. The van der Waals surface area contributed by atoms with Gasteiger partial charge < -0.3 is 0 Å². The second kappa shape index (κ2) is 5.28. The first kappa shape index (κ1) is 13.7. The van der Waals surface area contributed by atoms with Gasteiger partial charge in [-0.1, -0.05) is 45.2 Å². The molecule has 20 heavy (non-hydrogen) atoms. The van der Waals surface area contributed by atoms with Crippen LogP contribution in [-0.2, 0) is 0 Å². The highest BCUT2D eigenvalue weighted by molar-refractivity contribution is 9.10. The van der Waals surface area contributed by atoms with Gasteiger partial charge in [0, 0.05) is 9.86 Å². The van der Waals surface area contributed by atoms with E-state index in [9.17, 15) is 4.39 Å². The molecule has 0 atom stereocenters. The normalized spacial score (nSPS) is 11.0. The quantitative estimate of drug-likeness (QED) is 0.527. The molecule has 1 aromatic heterocycles. The van der Waals surface area contributed by atoms with Crippen molar-refractivity contribution >= 4 is 50.0 Å². The molecule has 3 rings (SSSR count). The summed E-state index contributed by atoms with van der Waals surface area (Å²) in [4.78, 5) is 8.49. The number of benzene rings is 2. The van der Waals surface area contributed by atoms with Gasteiger partial charge in [-0.2, -0.15) is 0 Å². The van der Waals surface area contributed by atoms with Crippen molar-refractivity contribution in [3.63, 3.8) is 0 Å². The summed E-state index contributed by atoms with van der Waals surface area (Å²) in [7, 11) is 0. The highest BCUT2D eigenvalue weighted by atomic mass is 79.9. The summed E-state index contributed by atoms with van der Waals surface area (Å²) in [5.41, 5.74) is 0.857. The van der Waals surface area contributed by atoms with Crippen molar-refractivity contribution < 1.29 is 4.39 Å². The summed E-state index contributed by atoms with van der Waals surface area (Å²) in [6.07, 6.45) is 0. The minimum atomic E-state index is -0.556. The topological polar surface area (TPSA) is 25.8 Å². The lowest BCUT2D eigenvalue weighted by Crippen LogP contribution is -1.94. The van der Waals surface area contributed by atoms with Crippen LogP contribution < -0.4 is 0 Å². The predicted molar refractivity (Wildman–Crippen MR) is 82.7 cm³/mol. The number of halogens is 4. The SMILES string of the molecule is Fc1c(Cl)cccc1-c1nc(Cl)c2ccc(Br)cc2n1. The van der Waals surface area contributed by atoms with Crippen LogP contribution in [0.15, 0.2) is 40.9 Å². The van der Waals surface area contributed by atoms with Crippen LogP contribution in [-0.4, -0.2) is 9.97 Å². The summed E-state index contributed by atoms with van der Waals surface area (Å²) in [6, 6.07) is 10.1. The van der Waals surface area contributed by atoms with Gasteiger partial charge in [-0.05, 0) is 30.3 Å². The first-order valence-electron chi connectivity index (χ1n) is 5.63. The van der Waals surface area contributed by atoms with Gasteiger partial charge in [-0.25, -0.2) is 14.4 Å². The third-order valence-corrected chi connectivity index (χ3v) is 3.88. The van der Waals surface area contributed by atoms with Crippen molar-refractivity contribution in [2.75, 3.05) is 0 Å². The molecule has 1 heterocycles. The molecule has 100 valence electrons. The van der Waals surface area contributed by atoms with E-state index < -0.39 is 5.82 Å². The van der Waals surface area contributed by atoms with Crippen molar-refractivity contribution in [2.24, 2.45) is 0 Å². The molecule has 0 spiro atoms. The van der Waals surface area contributed by atoms with Gasteiger partial charge in [-0.3, -0.25) is 0 Å². The lowest BCUT2D eigenvalue weighted by atomic mass is 10.2. The van der Waals surface area contributed by atoms with Gasteiger partial charge in [0.05, 0.1) is 16.1 Å². The van der Waals surface area contributed by atoms with Crippen LogP contribution in [0.25, 0.3) is 22.3 Å². The molecule has 0 saturated heterocycles. The fourth-order valence-electron chi connectivity index (χ4n) is 1.86. The Labute approximate surface area is 132 Å². The van der Waals surface area contributed by atoms with E-state index in [-0.39, 0.29) is 21.6 Å². The zero-order chi connectivity index (χ0) is 14.3. The Bertz CT molecular complexity index is 824. The maximum atomic E-state index is 14.0. The van der Waals surface area contributed by atoms with E-state index in [0.717, 1.165) is 4.47 Å². The molecular formula is C14H6BrCl2FN2. The number of aromatic nitrogens is 2. The Morgan fingerprint density at radius 3 is 2.65 bits per heavy atom. The molecule has 0 bridgehead atoms. The minimum Gasteiger partial charge on any atom is -0.228 e. The highest BCUT2D eigenvalue weighted by Crippen LogP contribution is 2.30. The van der Waals surface area contributed by atoms with Crippen LogP contribution in [0.3, 0.4) is 0 Å².